The van der Waals surface area contributed by atoms with Crippen LogP contribution >= 0.6 is 11.3 Å². The van der Waals surface area contributed by atoms with Crippen molar-refractivity contribution in [1.82, 2.24) is 24.4 Å². The third kappa shape index (κ3) is 6.42. The van der Waals surface area contributed by atoms with Crippen molar-refractivity contribution in [2.45, 2.75) is 33.3 Å². The summed E-state index contributed by atoms with van der Waals surface area (Å²) in [6, 6.07) is 25.6. The van der Waals surface area contributed by atoms with Gasteiger partial charge in [-0.2, -0.15) is 14.6 Å². The van der Waals surface area contributed by atoms with E-state index in [1.807, 2.05) is 116 Å². The van der Waals surface area contributed by atoms with Crippen LogP contribution in [-0.4, -0.2) is 37.1 Å². The molecule has 0 aliphatic heterocycles. The SMILES string of the molecule is CCCOc1ccc(/C=C/c2nc3s/c(=C\c4cn(-c5ccccc5)nc4-c4ccc(OC(C)C)cc4)c(=O)n3n2)cc1. The predicted molar refractivity (Wildman–Crippen MR) is 172 cm³/mol. The van der Waals surface area contributed by atoms with Crippen LogP contribution < -0.4 is 19.6 Å². The fourth-order valence-electron chi connectivity index (χ4n) is 4.52. The van der Waals surface area contributed by atoms with E-state index in [4.69, 9.17) is 14.6 Å². The average Bonchev–Trinajstić information content (AvgIpc) is 3.71. The summed E-state index contributed by atoms with van der Waals surface area (Å²) < 4.78 is 15.2. The Hall–Kier alpha value is -5.02. The van der Waals surface area contributed by atoms with Crippen LogP contribution in [0, 0.1) is 0 Å². The van der Waals surface area contributed by atoms with Gasteiger partial charge in [0.1, 0.15) is 17.2 Å². The van der Waals surface area contributed by atoms with Crippen LogP contribution in [0.3, 0.4) is 0 Å². The van der Waals surface area contributed by atoms with Crippen LogP contribution in [-0.2, 0) is 0 Å². The number of fused-ring (bicyclic) bond motifs is 1. The zero-order valence-corrected chi connectivity index (χ0v) is 25.0. The Balaban J connectivity index is 1.32. The summed E-state index contributed by atoms with van der Waals surface area (Å²) in [6.07, 6.45) is 8.57. The van der Waals surface area contributed by atoms with E-state index in [9.17, 15) is 4.79 Å². The van der Waals surface area contributed by atoms with E-state index in [-0.39, 0.29) is 11.7 Å². The highest BCUT2D eigenvalue weighted by Gasteiger charge is 2.14. The number of ether oxygens (including phenoxy) is 2. The Morgan fingerprint density at radius 2 is 1.65 bits per heavy atom. The standard InChI is InChI=1S/C34H31N5O3S/c1-4-20-41-28-15-10-24(11-16-28)12-19-31-35-34-39(36-31)33(40)30(43-34)21-26-22-38(27-8-6-5-7-9-27)37-32(26)25-13-17-29(18-14-25)42-23(2)3/h5-19,21-23H,4,20H2,1-3H3/b19-12+,30-21-. The second kappa shape index (κ2) is 12.5. The summed E-state index contributed by atoms with van der Waals surface area (Å²) >= 11 is 1.30. The molecule has 0 atom stereocenters. The molecule has 0 fully saturated rings. The Kier molecular flexibility index (Phi) is 8.15. The lowest BCUT2D eigenvalue weighted by atomic mass is 10.1. The second-order valence-corrected chi connectivity index (χ2v) is 11.2. The molecule has 43 heavy (non-hydrogen) atoms. The highest BCUT2D eigenvalue weighted by Crippen LogP contribution is 2.27. The molecule has 0 amide bonds. The maximum atomic E-state index is 13.4. The lowest BCUT2D eigenvalue weighted by Crippen LogP contribution is -2.23. The molecule has 0 N–H and O–H groups in total. The number of aromatic nitrogens is 5. The monoisotopic (exact) mass is 589 g/mol. The molecule has 0 saturated carbocycles. The first kappa shape index (κ1) is 28.1. The van der Waals surface area contributed by atoms with Crippen molar-refractivity contribution in [3.05, 3.63) is 117 Å². The number of hydrogen-bond donors (Lipinski definition) is 0. The fourth-order valence-corrected chi connectivity index (χ4v) is 5.43. The Labute approximate surface area is 253 Å². The van der Waals surface area contributed by atoms with Gasteiger partial charge in [0.15, 0.2) is 5.82 Å². The molecule has 0 aliphatic carbocycles. The maximum Gasteiger partial charge on any atom is 0.291 e. The van der Waals surface area contributed by atoms with E-state index in [1.54, 1.807) is 6.08 Å². The molecule has 6 aromatic rings. The largest absolute Gasteiger partial charge is 0.494 e. The zero-order valence-electron chi connectivity index (χ0n) is 24.2. The smallest absolute Gasteiger partial charge is 0.291 e. The molecule has 6 rings (SSSR count). The van der Waals surface area contributed by atoms with Crippen LogP contribution in [0.1, 0.15) is 44.1 Å². The van der Waals surface area contributed by atoms with Crippen LogP contribution in [0.2, 0.25) is 0 Å². The van der Waals surface area contributed by atoms with Gasteiger partial charge in [-0.3, -0.25) is 4.79 Å². The van der Waals surface area contributed by atoms with E-state index in [1.165, 1.54) is 15.9 Å². The Morgan fingerprint density at radius 3 is 2.35 bits per heavy atom. The first-order valence-corrected chi connectivity index (χ1v) is 15.0. The molecule has 0 radical (unpaired) electrons. The van der Waals surface area contributed by atoms with E-state index in [0.29, 0.717) is 21.9 Å². The molecule has 3 heterocycles. The summed E-state index contributed by atoms with van der Waals surface area (Å²) in [4.78, 5) is 18.5. The normalized spacial score (nSPS) is 12.1. The molecule has 8 nitrogen and oxygen atoms in total. The van der Waals surface area contributed by atoms with Crippen LogP contribution in [0.4, 0.5) is 0 Å². The summed E-state index contributed by atoms with van der Waals surface area (Å²) in [7, 11) is 0. The van der Waals surface area contributed by atoms with Gasteiger partial charge >= 0.3 is 0 Å². The van der Waals surface area contributed by atoms with Gasteiger partial charge in [0.25, 0.3) is 5.56 Å². The molecule has 0 aliphatic rings. The molecule has 0 spiro atoms. The van der Waals surface area contributed by atoms with Gasteiger partial charge in [-0.15, -0.1) is 5.10 Å². The summed E-state index contributed by atoms with van der Waals surface area (Å²) in [6.45, 7) is 6.77. The molecular weight excluding hydrogens is 558 g/mol. The van der Waals surface area contributed by atoms with Crippen molar-refractivity contribution >= 4 is 34.5 Å². The minimum Gasteiger partial charge on any atom is -0.494 e. The average molecular weight is 590 g/mol. The van der Waals surface area contributed by atoms with E-state index in [2.05, 4.69) is 17.0 Å². The predicted octanol–water partition coefficient (Wildman–Crippen LogP) is 6.30. The molecular formula is C34H31N5O3S. The molecule has 0 saturated heterocycles. The number of benzene rings is 3. The summed E-state index contributed by atoms with van der Waals surface area (Å²) in [5, 5.41) is 9.34. The highest BCUT2D eigenvalue weighted by atomic mass is 32.1. The molecule has 3 aromatic heterocycles. The number of rotatable bonds is 10. The minimum absolute atomic E-state index is 0.0850. The highest BCUT2D eigenvalue weighted by molar-refractivity contribution is 7.15. The van der Waals surface area contributed by atoms with Gasteiger partial charge in [-0.1, -0.05) is 54.7 Å². The molecule has 0 bridgehead atoms. The van der Waals surface area contributed by atoms with Gasteiger partial charge in [0, 0.05) is 17.3 Å². The van der Waals surface area contributed by atoms with Crippen molar-refractivity contribution in [1.29, 1.82) is 0 Å². The lowest BCUT2D eigenvalue weighted by Gasteiger charge is -2.09. The molecule has 0 unspecified atom stereocenters. The third-order valence-corrected chi connectivity index (χ3v) is 7.48. The molecule has 3 aromatic carbocycles. The van der Waals surface area contributed by atoms with Gasteiger partial charge in [-0.25, -0.2) is 4.68 Å². The van der Waals surface area contributed by atoms with Crippen molar-refractivity contribution in [3.63, 3.8) is 0 Å². The zero-order chi connectivity index (χ0) is 29.8. The van der Waals surface area contributed by atoms with Gasteiger partial charge in [-0.05, 0) is 86.5 Å². The number of nitrogens with zero attached hydrogens (tertiary/aromatic N) is 5. The molecule has 216 valence electrons. The van der Waals surface area contributed by atoms with Crippen molar-refractivity contribution in [2.75, 3.05) is 6.61 Å². The summed E-state index contributed by atoms with van der Waals surface area (Å²) in [5.41, 5.74) is 4.19. The van der Waals surface area contributed by atoms with Crippen molar-refractivity contribution in [2.24, 2.45) is 0 Å². The van der Waals surface area contributed by atoms with E-state index < -0.39 is 0 Å². The van der Waals surface area contributed by atoms with Crippen LogP contribution in [0.15, 0.2) is 89.9 Å². The van der Waals surface area contributed by atoms with Crippen LogP contribution in [0.25, 0.3) is 40.1 Å². The molecule has 9 heteroatoms. The Bertz CT molecular complexity index is 1970. The number of para-hydroxylation sites is 1. The van der Waals surface area contributed by atoms with Gasteiger partial charge in [0.2, 0.25) is 4.96 Å². The minimum atomic E-state index is -0.219. The fraction of sp³-hybridized carbons (Fsp3) is 0.176. The van der Waals surface area contributed by atoms with Gasteiger partial charge in [0.05, 0.1) is 22.9 Å². The van der Waals surface area contributed by atoms with Gasteiger partial charge < -0.3 is 9.47 Å². The Morgan fingerprint density at radius 1 is 0.907 bits per heavy atom. The first-order valence-electron chi connectivity index (χ1n) is 14.2. The number of thiazole rings is 1. The first-order chi connectivity index (χ1) is 21.0. The van der Waals surface area contributed by atoms with Crippen molar-refractivity contribution in [3.8, 4) is 28.4 Å². The lowest BCUT2D eigenvalue weighted by molar-refractivity contribution is 0.242. The van der Waals surface area contributed by atoms with E-state index in [0.717, 1.165) is 46.0 Å². The quantitative estimate of drug-likeness (QED) is 0.187. The van der Waals surface area contributed by atoms with Crippen LogP contribution in [0.5, 0.6) is 11.5 Å². The van der Waals surface area contributed by atoms with E-state index >= 15 is 0 Å². The summed E-state index contributed by atoms with van der Waals surface area (Å²) in [5.74, 6) is 2.11. The maximum absolute atomic E-state index is 13.4. The topological polar surface area (TPSA) is 83.5 Å². The second-order valence-electron chi connectivity index (χ2n) is 10.2. The third-order valence-electron chi connectivity index (χ3n) is 6.53. The van der Waals surface area contributed by atoms with Crippen molar-refractivity contribution < 1.29 is 9.47 Å². The number of hydrogen-bond acceptors (Lipinski definition) is 7.